The molecule has 2 aromatic carbocycles. The normalized spacial score (nSPS) is 15.5. The van der Waals surface area contributed by atoms with Crippen LogP contribution in [0.1, 0.15) is 33.6 Å². The molecule has 12 nitrogen and oxygen atoms in total. The fourth-order valence-corrected chi connectivity index (χ4v) is 4.88. The molecular weight excluding hydrogens is 516 g/mol. The Balaban J connectivity index is 1.09. The van der Waals surface area contributed by atoms with Gasteiger partial charge in [-0.25, -0.2) is 9.59 Å². The predicted octanol–water partition coefficient (Wildman–Crippen LogP) is 1.88. The number of nitrogens with zero attached hydrogens (tertiary/aromatic N) is 4. The Morgan fingerprint density at radius 1 is 0.575 bits per heavy atom. The summed E-state index contributed by atoms with van der Waals surface area (Å²) in [5, 5.41) is 0. The second-order valence-corrected chi connectivity index (χ2v) is 9.65. The molecule has 0 aromatic heterocycles. The summed E-state index contributed by atoms with van der Waals surface area (Å²) in [5.41, 5.74) is 13.4. The lowest BCUT2D eigenvalue weighted by Crippen LogP contribution is -2.49. The van der Waals surface area contributed by atoms with Crippen LogP contribution in [-0.2, 0) is 9.47 Å². The lowest BCUT2D eigenvalue weighted by molar-refractivity contribution is 0.0861. The van der Waals surface area contributed by atoms with Crippen molar-refractivity contribution in [3.63, 3.8) is 0 Å². The summed E-state index contributed by atoms with van der Waals surface area (Å²) in [6.07, 6.45) is 0.386. The molecule has 4 amide bonds. The van der Waals surface area contributed by atoms with Crippen LogP contribution in [0.25, 0.3) is 0 Å². The van der Waals surface area contributed by atoms with Crippen LogP contribution >= 0.6 is 0 Å². The van der Waals surface area contributed by atoms with Gasteiger partial charge >= 0.3 is 12.2 Å². The molecule has 0 unspecified atom stereocenters. The molecule has 0 aliphatic carbocycles. The van der Waals surface area contributed by atoms with Crippen molar-refractivity contribution in [3.05, 3.63) is 59.7 Å². The van der Waals surface area contributed by atoms with Gasteiger partial charge in [-0.05, 0) is 37.1 Å². The molecule has 0 saturated carbocycles. The molecule has 2 saturated heterocycles. The van der Waals surface area contributed by atoms with Crippen LogP contribution in [0, 0.1) is 0 Å². The average Bonchev–Trinajstić information content (AvgIpc) is 2.98. The monoisotopic (exact) mass is 552 g/mol. The SMILES string of the molecule is NC(=O)c1ccccc1N1CCN(C(=O)OCCCCOC(=O)N2CCN(c3ccccc3C(N)=O)CC2)CC1. The predicted molar refractivity (Wildman–Crippen MR) is 149 cm³/mol. The molecule has 2 fully saturated rings. The van der Waals surface area contributed by atoms with Gasteiger partial charge in [-0.2, -0.15) is 0 Å². The number of rotatable bonds is 9. The van der Waals surface area contributed by atoms with E-state index in [0.29, 0.717) is 76.3 Å². The van der Waals surface area contributed by atoms with Crippen LogP contribution in [0.4, 0.5) is 21.0 Å². The standard InChI is InChI=1S/C28H36N6O6/c29-25(35)21-7-1-3-9-23(21)31-11-15-33(16-12-31)27(37)39-19-5-6-20-40-28(38)34-17-13-32(14-18-34)24-10-4-2-8-22(24)26(30)36/h1-4,7-10H,5-6,11-20H2,(H2,29,35)(H2,30,36). The van der Waals surface area contributed by atoms with Crippen molar-refractivity contribution in [3.8, 4) is 0 Å². The Kier molecular flexibility index (Phi) is 9.66. The molecule has 12 heteroatoms. The highest BCUT2D eigenvalue weighted by Crippen LogP contribution is 2.23. The van der Waals surface area contributed by atoms with Gasteiger partial charge in [-0.3, -0.25) is 9.59 Å². The van der Waals surface area contributed by atoms with Gasteiger partial charge < -0.3 is 40.5 Å². The Bertz CT molecular complexity index is 1110. The summed E-state index contributed by atoms with van der Waals surface area (Å²) in [7, 11) is 0. The molecule has 4 rings (SSSR count). The number of piperazine rings is 2. The Morgan fingerprint density at radius 2 is 0.925 bits per heavy atom. The number of hydrogen-bond acceptors (Lipinski definition) is 8. The van der Waals surface area contributed by atoms with E-state index in [9.17, 15) is 19.2 Å². The van der Waals surface area contributed by atoms with E-state index in [-0.39, 0.29) is 25.4 Å². The third kappa shape index (κ3) is 7.13. The van der Waals surface area contributed by atoms with Crippen molar-refractivity contribution in [1.29, 1.82) is 0 Å². The maximum atomic E-state index is 12.4. The third-order valence-corrected chi connectivity index (χ3v) is 7.09. The first-order valence-electron chi connectivity index (χ1n) is 13.5. The number of unbranched alkanes of at least 4 members (excludes halogenated alkanes) is 1. The summed E-state index contributed by atoms with van der Waals surface area (Å²) < 4.78 is 10.8. The molecule has 214 valence electrons. The van der Waals surface area contributed by atoms with Crippen LogP contribution < -0.4 is 21.3 Å². The van der Waals surface area contributed by atoms with Gasteiger partial charge in [0.1, 0.15) is 0 Å². The maximum Gasteiger partial charge on any atom is 0.409 e. The topological polar surface area (TPSA) is 152 Å². The van der Waals surface area contributed by atoms with Gasteiger partial charge in [0.05, 0.1) is 24.3 Å². The van der Waals surface area contributed by atoms with E-state index in [1.807, 2.05) is 34.1 Å². The largest absolute Gasteiger partial charge is 0.449 e. The van der Waals surface area contributed by atoms with Crippen LogP contribution in [0.5, 0.6) is 0 Å². The van der Waals surface area contributed by atoms with Gasteiger partial charge in [0.15, 0.2) is 0 Å². The summed E-state index contributed by atoms with van der Waals surface area (Å²) >= 11 is 0. The molecular formula is C28H36N6O6. The van der Waals surface area contributed by atoms with E-state index in [2.05, 4.69) is 0 Å². The summed E-state index contributed by atoms with van der Waals surface area (Å²) in [6.45, 7) is 4.66. The summed E-state index contributed by atoms with van der Waals surface area (Å²) in [5.74, 6) is -0.956. The highest BCUT2D eigenvalue weighted by Gasteiger charge is 2.25. The van der Waals surface area contributed by atoms with E-state index >= 15 is 0 Å². The van der Waals surface area contributed by atoms with E-state index in [1.165, 1.54) is 0 Å². The van der Waals surface area contributed by atoms with Gasteiger partial charge in [0.25, 0.3) is 11.8 Å². The highest BCUT2D eigenvalue weighted by molar-refractivity contribution is 5.99. The third-order valence-electron chi connectivity index (χ3n) is 7.09. The van der Waals surface area contributed by atoms with Gasteiger partial charge in [-0.1, -0.05) is 24.3 Å². The van der Waals surface area contributed by atoms with Crippen molar-refractivity contribution >= 4 is 35.4 Å². The molecule has 2 aliphatic heterocycles. The summed E-state index contributed by atoms with van der Waals surface area (Å²) in [4.78, 5) is 55.7. The summed E-state index contributed by atoms with van der Waals surface area (Å²) in [6, 6.07) is 14.4. The van der Waals surface area contributed by atoms with Crippen LogP contribution in [0.3, 0.4) is 0 Å². The first kappa shape index (κ1) is 28.5. The van der Waals surface area contributed by atoms with E-state index in [1.54, 1.807) is 34.1 Å². The first-order valence-corrected chi connectivity index (χ1v) is 13.5. The maximum absolute atomic E-state index is 12.4. The second kappa shape index (κ2) is 13.5. The van der Waals surface area contributed by atoms with E-state index in [0.717, 1.165) is 11.4 Å². The molecule has 0 bridgehead atoms. The second-order valence-electron chi connectivity index (χ2n) is 9.65. The number of anilines is 2. The van der Waals surface area contributed by atoms with E-state index in [4.69, 9.17) is 20.9 Å². The van der Waals surface area contributed by atoms with Gasteiger partial charge in [0.2, 0.25) is 0 Å². The van der Waals surface area contributed by atoms with Crippen molar-refractivity contribution in [2.45, 2.75) is 12.8 Å². The van der Waals surface area contributed by atoms with Crippen molar-refractivity contribution in [2.24, 2.45) is 11.5 Å². The number of nitrogens with two attached hydrogens (primary N) is 2. The zero-order chi connectivity index (χ0) is 28.5. The number of benzene rings is 2. The minimum atomic E-state index is -0.478. The number of carbonyl (C=O) groups excluding carboxylic acids is 4. The molecule has 2 aromatic rings. The lowest BCUT2D eigenvalue weighted by atomic mass is 10.1. The fraction of sp³-hybridized carbons (Fsp3) is 0.429. The number of primary amides is 2. The lowest BCUT2D eigenvalue weighted by Gasteiger charge is -2.36. The van der Waals surface area contributed by atoms with E-state index < -0.39 is 11.8 Å². The van der Waals surface area contributed by atoms with Crippen LogP contribution in [0.15, 0.2) is 48.5 Å². The Labute approximate surface area is 233 Å². The van der Waals surface area contributed by atoms with Gasteiger partial charge in [0, 0.05) is 63.7 Å². The number of ether oxygens (including phenoxy) is 2. The minimum Gasteiger partial charge on any atom is -0.449 e. The van der Waals surface area contributed by atoms with Crippen LogP contribution in [0.2, 0.25) is 0 Å². The average molecular weight is 553 g/mol. The quantitative estimate of drug-likeness (QED) is 0.448. The molecule has 4 N–H and O–H groups in total. The fourth-order valence-electron chi connectivity index (χ4n) is 4.88. The number of amides is 4. The zero-order valence-corrected chi connectivity index (χ0v) is 22.5. The molecule has 0 atom stereocenters. The highest BCUT2D eigenvalue weighted by atomic mass is 16.6. The Morgan fingerprint density at radius 3 is 1.27 bits per heavy atom. The molecule has 2 heterocycles. The smallest absolute Gasteiger partial charge is 0.409 e. The van der Waals surface area contributed by atoms with Crippen LogP contribution in [-0.4, -0.2) is 99.4 Å². The number of hydrogen-bond donors (Lipinski definition) is 2. The van der Waals surface area contributed by atoms with Crippen molar-refractivity contribution in [2.75, 3.05) is 75.4 Å². The number of carbonyl (C=O) groups is 4. The number of para-hydroxylation sites is 2. The van der Waals surface area contributed by atoms with Crippen molar-refractivity contribution in [1.82, 2.24) is 9.80 Å². The first-order chi connectivity index (χ1) is 19.3. The molecule has 40 heavy (non-hydrogen) atoms. The van der Waals surface area contributed by atoms with Gasteiger partial charge in [-0.15, -0.1) is 0 Å². The molecule has 2 aliphatic rings. The molecule has 0 radical (unpaired) electrons. The zero-order valence-electron chi connectivity index (χ0n) is 22.5. The van der Waals surface area contributed by atoms with Crippen molar-refractivity contribution < 1.29 is 28.7 Å². The minimum absolute atomic E-state index is 0.235. The Hall–Kier alpha value is -4.48. The molecule has 0 spiro atoms.